The summed E-state index contributed by atoms with van der Waals surface area (Å²) in [5.74, 6) is -0.0885. The van der Waals surface area contributed by atoms with Crippen molar-refractivity contribution in [3.8, 4) is 0 Å². The molecule has 0 aliphatic rings. The summed E-state index contributed by atoms with van der Waals surface area (Å²) in [6.07, 6.45) is 0. The van der Waals surface area contributed by atoms with Crippen LogP contribution in [-0.4, -0.2) is 29.7 Å². The third-order valence-electron chi connectivity index (χ3n) is 2.10. The highest BCUT2D eigenvalue weighted by Crippen LogP contribution is 2.04. The normalized spacial score (nSPS) is 9.73. The summed E-state index contributed by atoms with van der Waals surface area (Å²) in [4.78, 5) is 24.4. The summed E-state index contributed by atoms with van der Waals surface area (Å²) in [6.45, 7) is 4.09. The Balaban J connectivity index is 2.78. The number of amides is 1. The molecule has 0 aliphatic carbocycles. The van der Waals surface area contributed by atoms with Gasteiger partial charge in [-0.15, -0.1) is 0 Å². The van der Waals surface area contributed by atoms with Gasteiger partial charge in [0, 0.05) is 12.1 Å². The number of benzene rings is 1. The molecular formula is C12H15NO2. The van der Waals surface area contributed by atoms with Crippen LogP contribution in [0.5, 0.6) is 0 Å². The molecule has 1 aromatic carbocycles. The van der Waals surface area contributed by atoms with E-state index in [1.165, 1.54) is 11.8 Å². The number of Topliss-reactive ketones (excluding diaryl/α,β-unsaturated/α-hetero) is 1. The van der Waals surface area contributed by atoms with Crippen LogP contribution < -0.4 is 0 Å². The first kappa shape index (κ1) is 11.4. The van der Waals surface area contributed by atoms with Crippen LogP contribution in [0.1, 0.15) is 24.2 Å². The third-order valence-corrected chi connectivity index (χ3v) is 2.10. The van der Waals surface area contributed by atoms with Gasteiger partial charge in [0.05, 0.1) is 6.54 Å². The van der Waals surface area contributed by atoms with Gasteiger partial charge in [-0.05, 0) is 26.0 Å². The standard InChI is InChI=1S/C12H15NO2/c1-3-13(9-10(2)14)12(15)11-7-5-4-6-8-11/h4-8H,3,9H2,1-2H3. The fourth-order valence-corrected chi connectivity index (χ4v) is 1.36. The van der Waals surface area contributed by atoms with Crippen molar-refractivity contribution in [1.29, 1.82) is 0 Å². The molecule has 0 heterocycles. The zero-order chi connectivity index (χ0) is 11.3. The van der Waals surface area contributed by atoms with E-state index in [1.807, 2.05) is 25.1 Å². The van der Waals surface area contributed by atoms with Crippen LogP contribution in [0.25, 0.3) is 0 Å². The van der Waals surface area contributed by atoms with Crippen molar-refractivity contribution in [3.05, 3.63) is 35.9 Å². The van der Waals surface area contributed by atoms with Gasteiger partial charge in [-0.25, -0.2) is 0 Å². The number of likely N-dealkylation sites (N-methyl/N-ethyl adjacent to an activating group) is 1. The van der Waals surface area contributed by atoms with Crippen LogP contribution in [0, 0.1) is 0 Å². The van der Waals surface area contributed by atoms with E-state index >= 15 is 0 Å². The summed E-state index contributed by atoms with van der Waals surface area (Å²) >= 11 is 0. The van der Waals surface area contributed by atoms with Gasteiger partial charge in [-0.1, -0.05) is 18.2 Å². The Morgan fingerprint density at radius 1 is 1.20 bits per heavy atom. The molecule has 0 N–H and O–H groups in total. The second-order valence-electron chi connectivity index (χ2n) is 3.39. The van der Waals surface area contributed by atoms with Gasteiger partial charge in [-0.2, -0.15) is 0 Å². The van der Waals surface area contributed by atoms with Crippen molar-refractivity contribution in [2.24, 2.45) is 0 Å². The molecule has 1 aromatic rings. The largest absolute Gasteiger partial charge is 0.332 e. The molecule has 0 saturated heterocycles. The van der Waals surface area contributed by atoms with E-state index in [1.54, 1.807) is 12.1 Å². The number of hydrogen-bond donors (Lipinski definition) is 0. The molecule has 1 amide bonds. The maximum atomic E-state index is 11.9. The van der Waals surface area contributed by atoms with Crippen LogP contribution in [0.2, 0.25) is 0 Å². The second kappa shape index (κ2) is 5.29. The van der Waals surface area contributed by atoms with E-state index in [0.717, 1.165) is 0 Å². The second-order valence-corrected chi connectivity index (χ2v) is 3.39. The monoisotopic (exact) mass is 205 g/mol. The van der Waals surface area contributed by atoms with E-state index in [-0.39, 0.29) is 18.2 Å². The number of rotatable bonds is 4. The molecule has 1 rings (SSSR count). The lowest BCUT2D eigenvalue weighted by Gasteiger charge is -2.19. The highest BCUT2D eigenvalue weighted by atomic mass is 16.2. The summed E-state index contributed by atoms with van der Waals surface area (Å²) in [5.41, 5.74) is 0.626. The van der Waals surface area contributed by atoms with E-state index in [0.29, 0.717) is 12.1 Å². The molecule has 0 unspecified atom stereocenters. The zero-order valence-corrected chi connectivity index (χ0v) is 9.06. The molecule has 15 heavy (non-hydrogen) atoms. The van der Waals surface area contributed by atoms with E-state index in [2.05, 4.69) is 0 Å². The number of nitrogens with zero attached hydrogens (tertiary/aromatic N) is 1. The van der Waals surface area contributed by atoms with Crippen LogP contribution >= 0.6 is 0 Å². The fourth-order valence-electron chi connectivity index (χ4n) is 1.36. The first-order valence-corrected chi connectivity index (χ1v) is 4.99. The van der Waals surface area contributed by atoms with Crippen molar-refractivity contribution in [2.75, 3.05) is 13.1 Å². The topological polar surface area (TPSA) is 37.4 Å². The van der Waals surface area contributed by atoms with Crippen molar-refractivity contribution in [3.63, 3.8) is 0 Å². The van der Waals surface area contributed by atoms with Crippen LogP contribution in [0.4, 0.5) is 0 Å². The van der Waals surface area contributed by atoms with Gasteiger partial charge in [0.25, 0.3) is 5.91 Å². The van der Waals surface area contributed by atoms with Crippen molar-refractivity contribution in [2.45, 2.75) is 13.8 Å². The lowest BCUT2D eigenvalue weighted by molar-refractivity contribution is -0.117. The van der Waals surface area contributed by atoms with Gasteiger partial charge < -0.3 is 4.90 Å². The number of carbonyl (C=O) groups is 2. The Morgan fingerprint density at radius 2 is 1.80 bits per heavy atom. The minimum absolute atomic E-state index is 0.00105. The molecule has 3 heteroatoms. The summed E-state index contributed by atoms with van der Waals surface area (Å²) < 4.78 is 0. The van der Waals surface area contributed by atoms with Crippen LogP contribution in [-0.2, 0) is 4.79 Å². The Morgan fingerprint density at radius 3 is 2.27 bits per heavy atom. The van der Waals surface area contributed by atoms with Crippen LogP contribution in [0.15, 0.2) is 30.3 Å². The number of hydrogen-bond acceptors (Lipinski definition) is 2. The van der Waals surface area contributed by atoms with E-state index in [4.69, 9.17) is 0 Å². The molecule has 0 spiro atoms. The smallest absolute Gasteiger partial charge is 0.254 e. The predicted molar refractivity (Wildman–Crippen MR) is 58.7 cm³/mol. The number of ketones is 1. The lowest BCUT2D eigenvalue weighted by atomic mass is 10.2. The van der Waals surface area contributed by atoms with Gasteiger partial charge in [0.2, 0.25) is 0 Å². The van der Waals surface area contributed by atoms with Crippen molar-refractivity contribution in [1.82, 2.24) is 4.90 Å². The maximum absolute atomic E-state index is 11.9. The molecular weight excluding hydrogens is 190 g/mol. The summed E-state index contributed by atoms with van der Waals surface area (Å²) in [5, 5.41) is 0. The molecule has 80 valence electrons. The van der Waals surface area contributed by atoms with Gasteiger partial charge >= 0.3 is 0 Å². The molecule has 0 aliphatic heterocycles. The Hall–Kier alpha value is -1.64. The zero-order valence-electron chi connectivity index (χ0n) is 9.06. The average Bonchev–Trinajstić information content (AvgIpc) is 2.26. The summed E-state index contributed by atoms with van der Waals surface area (Å²) in [6, 6.07) is 9.00. The SMILES string of the molecule is CCN(CC(C)=O)C(=O)c1ccccc1. The molecule has 0 atom stereocenters. The van der Waals surface area contributed by atoms with E-state index < -0.39 is 0 Å². The number of carbonyl (C=O) groups excluding carboxylic acids is 2. The molecule has 0 radical (unpaired) electrons. The Labute approximate surface area is 89.7 Å². The van der Waals surface area contributed by atoms with Crippen molar-refractivity contribution < 1.29 is 9.59 Å². The molecule has 0 fully saturated rings. The minimum atomic E-state index is -0.0895. The highest BCUT2D eigenvalue weighted by molar-refractivity contribution is 5.96. The Kier molecular flexibility index (Phi) is 4.03. The third kappa shape index (κ3) is 3.20. The van der Waals surface area contributed by atoms with Gasteiger partial charge in [0.15, 0.2) is 0 Å². The molecule has 3 nitrogen and oxygen atoms in total. The molecule has 0 aromatic heterocycles. The summed E-state index contributed by atoms with van der Waals surface area (Å²) in [7, 11) is 0. The van der Waals surface area contributed by atoms with E-state index in [9.17, 15) is 9.59 Å². The minimum Gasteiger partial charge on any atom is -0.332 e. The van der Waals surface area contributed by atoms with Gasteiger partial charge in [0.1, 0.15) is 5.78 Å². The molecule has 0 saturated carbocycles. The first-order valence-electron chi connectivity index (χ1n) is 4.99. The van der Waals surface area contributed by atoms with Crippen LogP contribution in [0.3, 0.4) is 0 Å². The Bertz CT molecular complexity index is 346. The van der Waals surface area contributed by atoms with Gasteiger partial charge in [-0.3, -0.25) is 9.59 Å². The quantitative estimate of drug-likeness (QED) is 0.750. The maximum Gasteiger partial charge on any atom is 0.254 e. The predicted octanol–water partition coefficient (Wildman–Crippen LogP) is 1.74. The molecule has 0 bridgehead atoms. The first-order chi connectivity index (χ1) is 7.15. The fraction of sp³-hybridized carbons (Fsp3) is 0.333. The average molecular weight is 205 g/mol. The van der Waals surface area contributed by atoms with Crippen molar-refractivity contribution >= 4 is 11.7 Å². The highest BCUT2D eigenvalue weighted by Gasteiger charge is 2.14. The lowest BCUT2D eigenvalue weighted by Crippen LogP contribution is -2.34.